The second kappa shape index (κ2) is 7.45. The molecular weight excluding hydrogens is 351 g/mol. The SMILES string of the molecule is O=C(Nc1n[nH]c(Cc2ccc(F)cc2)n1)c1ccc2c(c1)OCCCO2. The van der Waals surface area contributed by atoms with Crippen molar-refractivity contribution >= 4 is 11.9 Å². The Hall–Kier alpha value is -3.42. The standard InChI is InChI=1S/C19H17FN4O3/c20-14-5-2-12(3-6-14)10-17-21-19(24-23-17)22-18(25)13-4-7-15-16(11-13)27-9-1-8-26-15/h2-7,11H,1,8-10H2,(H2,21,22,23,24,25). The molecule has 27 heavy (non-hydrogen) atoms. The molecule has 0 saturated heterocycles. The molecule has 2 N–H and O–H groups in total. The molecule has 1 amide bonds. The molecule has 4 rings (SSSR count). The molecule has 0 fully saturated rings. The van der Waals surface area contributed by atoms with Crippen molar-refractivity contribution < 1.29 is 18.7 Å². The number of fused-ring (bicyclic) bond motifs is 1. The Balaban J connectivity index is 1.43. The molecule has 0 aliphatic carbocycles. The minimum absolute atomic E-state index is 0.171. The summed E-state index contributed by atoms with van der Waals surface area (Å²) in [4.78, 5) is 16.7. The summed E-state index contributed by atoms with van der Waals surface area (Å²) in [6.07, 6.45) is 1.25. The van der Waals surface area contributed by atoms with E-state index in [1.54, 1.807) is 30.3 Å². The van der Waals surface area contributed by atoms with Crippen LogP contribution in [0.3, 0.4) is 0 Å². The minimum Gasteiger partial charge on any atom is -0.490 e. The second-order valence-corrected chi connectivity index (χ2v) is 6.08. The van der Waals surface area contributed by atoms with Crippen LogP contribution in [0.4, 0.5) is 10.3 Å². The Morgan fingerprint density at radius 3 is 2.70 bits per heavy atom. The first kappa shape index (κ1) is 17.0. The van der Waals surface area contributed by atoms with Gasteiger partial charge >= 0.3 is 0 Å². The highest BCUT2D eigenvalue weighted by molar-refractivity contribution is 6.03. The van der Waals surface area contributed by atoms with Gasteiger partial charge in [-0.15, -0.1) is 5.10 Å². The topological polar surface area (TPSA) is 89.1 Å². The molecule has 1 aliphatic heterocycles. The molecule has 2 heterocycles. The summed E-state index contributed by atoms with van der Waals surface area (Å²) in [5.74, 6) is 1.27. The highest BCUT2D eigenvalue weighted by atomic mass is 19.1. The van der Waals surface area contributed by atoms with Crippen LogP contribution >= 0.6 is 0 Å². The van der Waals surface area contributed by atoms with Crippen LogP contribution in [0.2, 0.25) is 0 Å². The van der Waals surface area contributed by atoms with E-state index in [9.17, 15) is 9.18 Å². The molecule has 0 radical (unpaired) electrons. The van der Waals surface area contributed by atoms with Crippen LogP contribution in [-0.4, -0.2) is 34.3 Å². The maximum atomic E-state index is 13.0. The average Bonchev–Trinajstić information content (AvgIpc) is 2.97. The highest BCUT2D eigenvalue weighted by Gasteiger charge is 2.15. The van der Waals surface area contributed by atoms with Gasteiger partial charge in [-0.3, -0.25) is 15.2 Å². The zero-order valence-electron chi connectivity index (χ0n) is 14.4. The lowest BCUT2D eigenvalue weighted by atomic mass is 10.1. The largest absolute Gasteiger partial charge is 0.490 e. The number of anilines is 1. The maximum Gasteiger partial charge on any atom is 0.258 e. The van der Waals surface area contributed by atoms with E-state index in [0.29, 0.717) is 42.5 Å². The third-order valence-electron chi connectivity index (χ3n) is 4.05. The molecule has 1 aromatic heterocycles. The fourth-order valence-electron chi connectivity index (χ4n) is 2.70. The minimum atomic E-state index is -0.349. The summed E-state index contributed by atoms with van der Waals surface area (Å²) in [6, 6.07) is 11.1. The number of rotatable bonds is 4. The summed E-state index contributed by atoms with van der Waals surface area (Å²) < 4.78 is 24.1. The van der Waals surface area contributed by atoms with E-state index in [1.165, 1.54) is 12.1 Å². The quantitative estimate of drug-likeness (QED) is 0.739. The number of aromatic amines is 1. The number of aromatic nitrogens is 3. The van der Waals surface area contributed by atoms with Crippen molar-refractivity contribution in [3.63, 3.8) is 0 Å². The van der Waals surface area contributed by atoms with Crippen LogP contribution in [-0.2, 0) is 6.42 Å². The van der Waals surface area contributed by atoms with E-state index < -0.39 is 0 Å². The van der Waals surface area contributed by atoms with Gasteiger partial charge in [0.05, 0.1) is 13.2 Å². The van der Waals surface area contributed by atoms with Crippen LogP contribution < -0.4 is 14.8 Å². The van der Waals surface area contributed by atoms with Crippen molar-refractivity contribution in [2.24, 2.45) is 0 Å². The van der Waals surface area contributed by atoms with Crippen molar-refractivity contribution in [1.82, 2.24) is 15.2 Å². The first-order valence-electron chi connectivity index (χ1n) is 8.54. The van der Waals surface area contributed by atoms with Gasteiger partial charge in [0.2, 0.25) is 5.95 Å². The van der Waals surface area contributed by atoms with Crippen LogP contribution in [0.25, 0.3) is 0 Å². The van der Waals surface area contributed by atoms with Gasteiger partial charge in [0, 0.05) is 18.4 Å². The molecule has 0 unspecified atom stereocenters. The third kappa shape index (κ3) is 4.05. The number of carbonyl (C=O) groups is 1. The van der Waals surface area contributed by atoms with Gasteiger partial charge in [-0.2, -0.15) is 4.98 Å². The van der Waals surface area contributed by atoms with Crippen LogP contribution in [0, 0.1) is 5.82 Å². The number of nitrogens with zero attached hydrogens (tertiary/aromatic N) is 2. The lowest BCUT2D eigenvalue weighted by Gasteiger charge is -2.08. The number of amides is 1. The molecule has 1 aliphatic rings. The predicted molar refractivity (Wildman–Crippen MR) is 95.6 cm³/mol. The second-order valence-electron chi connectivity index (χ2n) is 6.08. The van der Waals surface area contributed by atoms with Crippen LogP contribution in [0.1, 0.15) is 28.2 Å². The van der Waals surface area contributed by atoms with E-state index in [1.807, 2.05) is 0 Å². The zero-order chi connectivity index (χ0) is 18.6. The van der Waals surface area contributed by atoms with Crippen molar-refractivity contribution in [2.75, 3.05) is 18.5 Å². The summed E-state index contributed by atoms with van der Waals surface area (Å²) in [5.41, 5.74) is 1.30. The molecule has 0 atom stereocenters. The molecule has 3 aromatic rings. The number of H-pyrrole nitrogens is 1. The first-order valence-corrected chi connectivity index (χ1v) is 8.54. The molecule has 0 saturated carbocycles. The summed E-state index contributed by atoms with van der Waals surface area (Å²) in [5, 5.41) is 9.42. The van der Waals surface area contributed by atoms with Gasteiger partial charge < -0.3 is 9.47 Å². The normalized spacial score (nSPS) is 13.1. The molecule has 138 valence electrons. The van der Waals surface area contributed by atoms with E-state index in [4.69, 9.17) is 9.47 Å². The number of hydrogen-bond acceptors (Lipinski definition) is 5. The summed E-state index contributed by atoms with van der Waals surface area (Å²) in [6.45, 7) is 1.14. The van der Waals surface area contributed by atoms with Crippen molar-refractivity contribution in [3.8, 4) is 11.5 Å². The lowest BCUT2D eigenvalue weighted by Crippen LogP contribution is -2.13. The van der Waals surface area contributed by atoms with E-state index in [0.717, 1.165) is 12.0 Å². The van der Waals surface area contributed by atoms with Crippen LogP contribution in [0.5, 0.6) is 11.5 Å². The van der Waals surface area contributed by atoms with E-state index >= 15 is 0 Å². The summed E-state index contributed by atoms with van der Waals surface area (Å²) >= 11 is 0. The summed E-state index contributed by atoms with van der Waals surface area (Å²) in [7, 11) is 0. The van der Waals surface area contributed by atoms with Gasteiger partial charge in [0.25, 0.3) is 5.91 Å². The molecule has 2 aromatic carbocycles. The van der Waals surface area contributed by atoms with Crippen molar-refractivity contribution in [2.45, 2.75) is 12.8 Å². The van der Waals surface area contributed by atoms with Gasteiger partial charge in [0.1, 0.15) is 11.6 Å². The first-order chi connectivity index (χ1) is 13.2. The highest BCUT2D eigenvalue weighted by Crippen LogP contribution is 2.30. The lowest BCUT2D eigenvalue weighted by molar-refractivity contribution is 0.102. The fourth-order valence-corrected chi connectivity index (χ4v) is 2.70. The smallest absolute Gasteiger partial charge is 0.258 e. The number of nitrogens with one attached hydrogen (secondary N) is 2. The number of ether oxygens (including phenoxy) is 2. The molecule has 0 bridgehead atoms. The Bertz CT molecular complexity index is 956. The monoisotopic (exact) mass is 368 g/mol. The average molecular weight is 368 g/mol. The van der Waals surface area contributed by atoms with Crippen LogP contribution in [0.15, 0.2) is 42.5 Å². The Morgan fingerprint density at radius 2 is 1.89 bits per heavy atom. The predicted octanol–water partition coefficient (Wildman–Crippen LogP) is 2.95. The number of hydrogen-bond donors (Lipinski definition) is 2. The van der Waals surface area contributed by atoms with Gasteiger partial charge in [-0.25, -0.2) is 4.39 Å². The van der Waals surface area contributed by atoms with E-state index in [2.05, 4.69) is 20.5 Å². The molecular formula is C19H17FN4O3. The number of halogens is 1. The number of carbonyl (C=O) groups excluding carboxylic acids is 1. The van der Waals surface area contributed by atoms with Crippen molar-refractivity contribution in [3.05, 3.63) is 65.2 Å². The molecule has 0 spiro atoms. The van der Waals surface area contributed by atoms with Gasteiger partial charge in [-0.1, -0.05) is 12.1 Å². The van der Waals surface area contributed by atoms with Crippen molar-refractivity contribution in [1.29, 1.82) is 0 Å². The fraction of sp³-hybridized carbons (Fsp3) is 0.211. The zero-order valence-corrected chi connectivity index (χ0v) is 14.4. The van der Waals surface area contributed by atoms with Gasteiger partial charge in [0.15, 0.2) is 11.5 Å². The Labute approximate surface area is 154 Å². The Morgan fingerprint density at radius 1 is 1.11 bits per heavy atom. The van der Waals surface area contributed by atoms with E-state index in [-0.39, 0.29) is 17.7 Å². The molecule has 7 nitrogen and oxygen atoms in total. The maximum absolute atomic E-state index is 13.0. The van der Waals surface area contributed by atoms with Gasteiger partial charge in [-0.05, 0) is 35.9 Å². The Kier molecular flexibility index (Phi) is 4.69. The molecule has 8 heteroatoms. The third-order valence-corrected chi connectivity index (χ3v) is 4.05. The number of benzene rings is 2.